The first kappa shape index (κ1) is 35.2. The third kappa shape index (κ3) is 7.95. The molecule has 0 saturated carbocycles. The zero-order chi connectivity index (χ0) is 36.2. The Bertz CT molecular complexity index is 2260. The van der Waals surface area contributed by atoms with E-state index in [9.17, 15) is 27.6 Å². The van der Waals surface area contributed by atoms with Crippen molar-refractivity contribution < 1.29 is 31.5 Å². The summed E-state index contributed by atoms with van der Waals surface area (Å²) in [5.74, 6) is -4.73. The molecule has 3 heterocycles. The van der Waals surface area contributed by atoms with Gasteiger partial charge >= 0.3 is 11.7 Å². The number of ether oxygens (including phenoxy) is 1. The van der Waals surface area contributed by atoms with Crippen molar-refractivity contribution in [3.05, 3.63) is 129 Å². The molecule has 17 heteroatoms. The first-order valence-electron chi connectivity index (χ1n) is 14.9. The maximum absolute atomic E-state index is 15.2. The first-order chi connectivity index (χ1) is 23.7. The van der Waals surface area contributed by atoms with E-state index in [2.05, 4.69) is 20.3 Å². The Labute approximate surface area is 283 Å². The van der Waals surface area contributed by atoms with Gasteiger partial charge in [0.15, 0.2) is 10.9 Å². The number of hydrogen-bond acceptors (Lipinski definition) is 10. The zero-order valence-electron chi connectivity index (χ0n) is 26.7. The van der Waals surface area contributed by atoms with Crippen LogP contribution in [0, 0.1) is 11.6 Å². The minimum Gasteiger partial charge on any atom is -0.461 e. The van der Waals surface area contributed by atoms with E-state index in [1.54, 1.807) is 19.9 Å². The van der Waals surface area contributed by atoms with E-state index in [1.165, 1.54) is 72.8 Å². The second kappa shape index (κ2) is 14.6. The molecule has 2 aromatic carbocycles. The van der Waals surface area contributed by atoms with Crippen LogP contribution in [-0.4, -0.2) is 56.5 Å². The number of sulfonamides is 1. The lowest BCUT2D eigenvalue weighted by Gasteiger charge is -2.20. The Kier molecular flexibility index (Phi) is 10.3. The van der Waals surface area contributed by atoms with E-state index >= 15 is 8.78 Å². The molecule has 1 atom stereocenters. The highest BCUT2D eigenvalue weighted by atomic mass is 32.2. The Morgan fingerprint density at radius 1 is 0.940 bits per heavy atom. The molecule has 0 spiro atoms. The summed E-state index contributed by atoms with van der Waals surface area (Å²) < 4.78 is 65.7. The molecule has 2 N–H and O–H groups in total. The van der Waals surface area contributed by atoms with E-state index in [1.807, 2.05) is 4.72 Å². The van der Waals surface area contributed by atoms with E-state index in [0.29, 0.717) is 29.1 Å². The van der Waals surface area contributed by atoms with Gasteiger partial charge < -0.3 is 14.6 Å². The molecule has 1 amide bonds. The number of carbonyl (C=O) groups excluding carboxylic acids is 2. The SMILES string of the molecule is CC(C)OC(=O)[C@H](Cc1ccc(-n2c(=O)ccn(C)c2=O)cc1)NC(=O)c1c(F)cc(NS(=O)(=O)c2ccc(-c3ncccn3)cn2)cc1F. The van der Waals surface area contributed by atoms with Crippen molar-refractivity contribution in [1.29, 1.82) is 0 Å². The van der Waals surface area contributed by atoms with Gasteiger partial charge in [-0.2, -0.15) is 8.42 Å². The molecule has 5 rings (SSSR count). The molecule has 3 aromatic heterocycles. The van der Waals surface area contributed by atoms with Gasteiger partial charge in [0.05, 0.1) is 17.5 Å². The molecule has 0 radical (unpaired) electrons. The van der Waals surface area contributed by atoms with Crippen LogP contribution >= 0.6 is 0 Å². The van der Waals surface area contributed by atoms with Crippen LogP contribution < -0.4 is 21.3 Å². The van der Waals surface area contributed by atoms with Crippen LogP contribution in [0.3, 0.4) is 0 Å². The molecular formula is C33H29F2N7O7S. The number of benzene rings is 2. The average molecular weight is 706 g/mol. The van der Waals surface area contributed by atoms with Gasteiger partial charge in [-0.1, -0.05) is 12.1 Å². The lowest BCUT2D eigenvalue weighted by Crippen LogP contribution is -2.44. The van der Waals surface area contributed by atoms with Crippen LogP contribution in [0.5, 0.6) is 0 Å². The van der Waals surface area contributed by atoms with Crippen molar-refractivity contribution in [1.82, 2.24) is 29.4 Å². The predicted octanol–water partition coefficient (Wildman–Crippen LogP) is 2.76. The summed E-state index contributed by atoms with van der Waals surface area (Å²) >= 11 is 0. The largest absolute Gasteiger partial charge is 0.461 e. The number of rotatable bonds is 11. The topological polar surface area (TPSA) is 184 Å². The summed E-state index contributed by atoms with van der Waals surface area (Å²) in [5.41, 5.74) is -1.61. The maximum Gasteiger partial charge on any atom is 0.335 e. The van der Waals surface area contributed by atoms with Crippen LogP contribution in [-0.2, 0) is 33.0 Å². The standard InChI is InChI=1S/C33H29F2N7O7S/c1-19(2)49-32(45)26(15-20-5-8-23(9-6-20)42-28(43)11-14-41(3)33(42)46)39-31(44)29-24(34)16-22(17-25(29)35)40-50(47,48)27-10-7-21(18-38-27)30-36-12-4-13-37-30/h4-14,16-19,26,40H,15H2,1-3H3,(H,39,44)/t26-/m0/s1. The Balaban J connectivity index is 1.34. The number of anilines is 1. The van der Waals surface area contributed by atoms with Gasteiger partial charge in [0.2, 0.25) is 0 Å². The monoisotopic (exact) mass is 705 g/mol. The van der Waals surface area contributed by atoms with Crippen LogP contribution in [0.25, 0.3) is 17.1 Å². The van der Waals surface area contributed by atoms with Gasteiger partial charge in [0, 0.05) is 49.9 Å². The van der Waals surface area contributed by atoms with Crippen molar-refractivity contribution >= 4 is 27.6 Å². The second-order valence-corrected chi connectivity index (χ2v) is 12.8. The number of halogens is 2. The van der Waals surface area contributed by atoms with Crippen molar-refractivity contribution in [3.63, 3.8) is 0 Å². The summed E-state index contributed by atoms with van der Waals surface area (Å²) in [6.07, 6.45) is 4.77. The van der Waals surface area contributed by atoms with Gasteiger partial charge in [-0.3, -0.25) is 14.3 Å². The summed E-state index contributed by atoms with van der Waals surface area (Å²) in [4.78, 5) is 62.9. The van der Waals surface area contributed by atoms with Crippen LogP contribution in [0.2, 0.25) is 0 Å². The summed E-state index contributed by atoms with van der Waals surface area (Å²) in [6.45, 7) is 3.15. The predicted molar refractivity (Wildman–Crippen MR) is 176 cm³/mol. The number of nitrogens with one attached hydrogen (secondary N) is 2. The Morgan fingerprint density at radius 2 is 1.60 bits per heavy atom. The number of amides is 1. The lowest BCUT2D eigenvalue weighted by molar-refractivity contribution is -0.149. The number of esters is 1. The summed E-state index contributed by atoms with van der Waals surface area (Å²) in [7, 11) is -2.93. The van der Waals surface area contributed by atoms with Crippen LogP contribution in [0.1, 0.15) is 29.8 Å². The van der Waals surface area contributed by atoms with Gasteiger partial charge in [-0.25, -0.2) is 37.9 Å². The minimum atomic E-state index is -4.42. The first-order valence-corrected chi connectivity index (χ1v) is 16.4. The molecule has 0 fully saturated rings. The van der Waals surface area contributed by atoms with Gasteiger partial charge in [0.25, 0.3) is 21.5 Å². The molecule has 0 bridgehead atoms. The fourth-order valence-electron chi connectivity index (χ4n) is 4.73. The molecule has 0 saturated heterocycles. The van der Waals surface area contributed by atoms with E-state index in [4.69, 9.17) is 4.74 Å². The number of aromatic nitrogens is 5. The van der Waals surface area contributed by atoms with Crippen molar-refractivity contribution in [3.8, 4) is 17.1 Å². The Hall–Kier alpha value is -6.10. The quantitative estimate of drug-likeness (QED) is 0.194. The van der Waals surface area contributed by atoms with Crippen molar-refractivity contribution in [2.45, 2.75) is 37.4 Å². The fourth-order valence-corrected chi connectivity index (χ4v) is 5.71. The van der Waals surface area contributed by atoms with E-state index < -0.39 is 73.2 Å². The van der Waals surface area contributed by atoms with Crippen LogP contribution in [0.15, 0.2) is 100 Å². The molecule has 50 heavy (non-hydrogen) atoms. The summed E-state index contributed by atoms with van der Waals surface area (Å²) in [6, 6.07) is 11.1. The highest BCUT2D eigenvalue weighted by Gasteiger charge is 2.28. The number of aryl methyl sites for hydroxylation is 1. The zero-order valence-corrected chi connectivity index (χ0v) is 27.5. The molecule has 14 nitrogen and oxygen atoms in total. The number of pyridine rings is 1. The molecular weight excluding hydrogens is 676 g/mol. The second-order valence-electron chi connectivity index (χ2n) is 11.1. The molecule has 0 aliphatic rings. The fraction of sp³-hybridized carbons (Fsp3) is 0.182. The molecule has 0 unspecified atom stereocenters. The highest BCUT2D eigenvalue weighted by molar-refractivity contribution is 7.92. The average Bonchev–Trinajstić information content (AvgIpc) is 3.06. The lowest BCUT2D eigenvalue weighted by atomic mass is 10.0. The van der Waals surface area contributed by atoms with Crippen molar-refractivity contribution in [2.75, 3.05) is 4.72 Å². The van der Waals surface area contributed by atoms with Gasteiger partial charge in [-0.05, 0) is 61.9 Å². The highest BCUT2D eigenvalue weighted by Crippen LogP contribution is 2.23. The number of carbonyl (C=O) groups is 2. The van der Waals surface area contributed by atoms with Crippen LogP contribution in [0.4, 0.5) is 14.5 Å². The van der Waals surface area contributed by atoms with Crippen molar-refractivity contribution in [2.24, 2.45) is 7.05 Å². The van der Waals surface area contributed by atoms with Gasteiger partial charge in [0.1, 0.15) is 23.2 Å². The van der Waals surface area contributed by atoms with E-state index in [0.717, 1.165) is 10.6 Å². The number of nitrogens with zero attached hydrogens (tertiary/aromatic N) is 5. The minimum absolute atomic E-state index is 0.192. The third-order valence-electron chi connectivity index (χ3n) is 7.09. The molecule has 0 aliphatic heterocycles. The smallest absolute Gasteiger partial charge is 0.335 e. The summed E-state index contributed by atoms with van der Waals surface area (Å²) in [5, 5.41) is 1.83. The maximum atomic E-state index is 15.2. The molecule has 5 aromatic rings. The van der Waals surface area contributed by atoms with Gasteiger partial charge in [-0.15, -0.1) is 0 Å². The molecule has 0 aliphatic carbocycles. The number of hydrogen-bond donors (Lipinski definition) is 2. The Morgan fingerprint density at radius 3 is 2.20 bits per heavy atom. The normalized spacial score (nSPS) is 12.0. The molecule has 258 valence electrons. The third-order valence-corrected chi connectivity index (χ3v) is 8.38. The van der Waals surface area contributed by atoms with E-state index in [-0.39, 0.29) is 12.1 Å².